The highest BCUT2D eigenvalue weighted by Crippen LogP contribution is 2.43. The normalized spacial score (nSPS) is 11.7. The predicted molar refractivity (Wildman–Crippen MR) is 174 cm³/mol. The van der Waals surface area contributed by atoms with Gasteiger partial charge in [0, 0.05) is 38.9 Å². The third-order valence-electron chi connectivity index (χ3n) is 8.26. The molecule has 0 amide bonds. The molecule has 0 atom stereocenters. The van der Waals surface area contributed by atoms with Gasteiger partial charge in [0.05, 0.1) is 34.0 Å². The van der Waals surface area contributed by atoms with Gasteiger partial charge in [-0.05, 0) is 30.3 Å². The van der Waals surface area contributed by atoms with E-state index in [0.717, 1.165) is 61.1 Å². The molecule has 4 aromatic heterocycles. The third kappa shape index (κ3) is 3.52. The molecule has 0 aliphatic rings. The zero-order valence-corrected chi connectivity index (χ0v) is 23.1. The van der Waals surface area contributed by atoms with Crippen molar-refractivity contribution in [3.8, 4) is 34.3 Å². The van der Waals surface area contributed by atoms with Crippen LogP contribution in [0.4, 0.5) is 0 Å². The minimum absolute atomic E-state index is 0.535. The molecule has 5 nitrogen and oxygen atoms in total. The van der Waals surface area contributed by atoms with Crippen molar-refractivity contribution in [3.05, 3.63) is 146 Å². The molecule has 0 spiro atoms. The monoisotopic (exact) mass is 552 g/mol. The average molecular weight is 553 g/mol. The summed E-state index contributed by atoms with van der Waals surface area (Å²) in [4.78, 5) is 9.65. The highest BCUT2D eigenvalue weighted by atomic mass is 16.4. The molecule has 5 heteroatoms. The van der Waals surface area contributed by atoms with E-state index in [0.29, 0.717) is 6.01 Å². The largest absolute Gasteiger partial charge is 0.422 e. The quantitative estimate of drug-likeness (QED) is 0.218. The third-order valence-corrected chi connectivity index (χ3v) is 8.26. The predicted octanol–water partition coefficient (Wildman–Crippen LogP) is 9.60. The van der Waals surface area contributed by atoms with Gasteiger partial charge in [-0.2, -0.15) is 4.98 Å². The Bertz CT molecular complexity index is 2380. The lowest BCUT2D eigenvalue weighted by molar-refractivity contribution is 0.548. The van der Waals surface area contributed by atoms with Gasteiger partial charge in [-0.3, -0.25) is 9.55 Å². The lowest BCUT2D eigenvalue weighted by Gasteiger charge is -2.08. The summed E-state index contributed by atoms with van der Waals surface area (Å²) in [6, 6.07) is 46.6. The smallest absolute Gasteiger partial charge is 0.307 e. The maximum Gasteiger partial charge on any atom is 0.307 e. The summed E-state index contributed by atoms with van der Waals surface area (Å²) >= 11 is 0. The molecule has 4 heterocycles. The highest BCUT2D eigenvalue weighted by molar-refractivity contribution is 6.26. The molecule has 0 radical (unpaired) electrons. The maximum absolute atomic E-state index is 6.74. The van der Waals surface area contributed by atoms with Gasteiger partial charge in [-0.1, -0.05) is 103 Å². The SMILES string of the molecule is c1ccc(-c2nc(-n3c4ccccc4c4c3ccc3c5ccccc5n(-c5cccnc5)c34)oc2-c2ccccc2)cc1. The van der Waals surface area contributed by atoms with Gasteiger partial charge < -0.3 is 8.98 Å². The Hall–Kier alpha value is -5.94. The van der Waals surface area contributed by atoms with Gasteiger partial charge in [0.2, 0.25) is 0 Å². The summed E-state index contributed by atoms with van der Waals surface area (Å²) < 4.78 is 11.2. The minimum atomic E-state index is 0.535. The van der Waals surface area contributed by atoms with E-state index in [4.69, 9.17) is 9.40 Å². The Morgan fingerprint density at radius 3 is 1.93 bits per heavy atom. The van der Waals surface area contributed by atoms with Crippen LogP contribution in [0.25, 0.3) is 77.9 Å². The molecule has 0 fully saturated rings. The fourth-order valence-electron chi connectivity index (χ4n) is 6.45. The lowest BCUT2D eigenvalue weighted by Crippen LogP contribution is -1.96. The van der Waals surface area contributed by atoms with Crippen LogP contribution < -0.4 is 0 Å². The van der Waals surface area contributed by atoms with Crippen molar-refractivity contribution in [2.24, 2.45) is 0 Å². The number of benzene rings is 5. The van der Waals surface area contributed by atoms with E-state index >= 15 is 0 Å². The van der Waals surface area contributed by atoms with Crippen LogP contribution >= 0.6 is 0 Å². The lowest BCUT2D eigenvalue weighted by atomic mass is 10.1. The number of hydrogen-bond donors (Lipinski definition) is 0. The molecule has 0 saturated heterocycles. The number of nitrogens with zero attached hydrogens (tertiary/aromatic N) is 4. The first-order valence-corrected chi connectivity index (χ1v) is 14.3. The maximum atomic E-state index is 6.74. The molecule has 43 heavy (non-hydrogen) atoms. The Morgan fingerprint density at radius 2 is 1.19 bits per heavy atom. The number of hydrogen-bond acceptors (Lipinski definition) is 3. The van der Waals surface area contributed by atoms with Crippen LogP contribution in [0.5, 0.6) is 0 Å². The highest BCUT2D eigenvalue weighted by Gasteiger charge is 2.24. The van der Waals surface area contributed by atoms with Crippen LogP contribution in [0.15, 0.2) is 150 Å². The summed E-state index contributed by atoms with van der Waals surface area (Å²) in [6.07, 6.45) is 3.74. The first-order valence-electron chi connectivity index (χ1n) is 14.3. The summed E-state index contributed by atoms with van der Waals surface area (Å²) in [5.41, 5.74) is 8.18. The Balaban J connectivity index is 1.42. The van der Waals surface area contributed by atoms with Gasteiger partial charge in [0.1, 0.15) is 5.69 Å². The number of pyridine rings is 1. The van der Waals surface area contributed by atoms with E-state index in [2.05, 4.69) is 105 Å². The van der Waals surface area contributed by atoms with Crippen molar-refractivity contribution >= 4 is 43.6 Å². The number of fused-ring (bicyclic) bond motifs is 7. The fraction of sp³-hybridized carbons (Fsp3) is 0. The molecular weight excluding hydrogens is 528 g/mol. The van der Waals surface area contributed by atoms with E-state index in [1.165, 1.54) is 10.8 Å². The molecule has 0 N–H and O–H groups in total. The zero-order chi connectivity index (χ0) is 28.3. The van der Waals surface area contributed by atoms with Crippen LogP contribution in [0.3, 0.4) is 0 Å². The van der Waals surface area contributed by atoms with Crippen molar-refractivity contribution in [2.45, 2.75) is 0 Å². The first-order chi connectivity index (χ1) is 21.4. The minimum Gasteiger partial charge on any atom is -0.422 e. The van der Waals surface area contributed by atoms with Crippen molar-refractivity contribution < 1.29 is 4.42 Å². The molecule has 9 rings (SSSR count). The Morgan fingerprint density at radius 1 is 0.512 bits per heavy atom. The summed E-state index contributed by atoms with van der Waals surface area (Å²) in [7, 11) is 0. The van der Waals surface area contributed by atoms with Gasteiger partial charge in [-0.25, -0.2) is 0 Å². The molecule has 0 saturated carbocycles. The van der Waals surface area contributed by atoms with E-state index < -0.39 is 0 Å². The Kier molecular flexibility index (Phi) is 5.13. The molecule has 0 bridgehead atoms. The molecule has 5 aromatic carbocycles. The average Bonchev–Trinajstić information content (AvgIpc) is 3.76. The van der Waals surface area contributed by atoms with Crippen molar-refractivity contribution in [2.75, 3.05) is 0 Å². The van der Waals surface area contributed by atoms with E-state index in [1.807, 2.05) is 54.9 Å². The number of oxazole rings is 1. The Labute approximate surface area is 246 Å². The fourth-order valence-corrected chi connectivity index (χ4v) is 6.45. The zero-order valence-electron chi connectivity index (χ0n) is 23.1. The second kappa shape index (κ2) is 9.29. The molecule has 0 aliphatic heterocycles. The molecule has 0 aliphatic carbocycles. The number of para-hydroxylation sites is 2. The summed E-state index contributed by atoms with van der Waals surface area (Å²) in [6.45, 7) is 0. The number of rotatable bonds is 4. The van der Waals surface area contributed by atoms with Crippen LogP contribution in [0.1, 0.15) is 0 Å². The molecule has 202 valence electrons. The summed E-state index contributed by atoms with van der Waals surface area (Å²) in [5.74, 6) is 0.748. The van der Waals surface area contributed by atoms with Crippen LogP contribution in [-0.4, -0.2) is 19.1 Å². The van der Waals surface area contributed by atoms with Gasteiger partial charge in [0.25, 0.3) is 0 Å². The first kappa shape index (κ1) is 23.7. The van der Waals surface area contributed by atoms with Crippen molar-refractivity contribution in [3.63, 3.8) is 0 Å². The molecular formula is C38H24N4O. The molecule has 9 aromatic rings. The second-order valence-corrected chi connectivity index (χ2v) is 10.7. The van der Waals surface area contributed by atoms with Gasteiger partial charge in [0.15, 0.2) is 5.76 Å². The molecule has 0 unspecified atom stereocenters. The van der Waals surface area contributed by atoms with E-state index in [-0.39, 0.29) is 0 Å². The summed E-state index contributed by atoms with van der Waals surface area (Å²) in [5, 5.41) is 4.68. The van der Waals surface area contributed by atoms with E-state index in [9.17, 15) is 0 Å². The van der Waals surface area contributed by atoms with Crippen LogP contribution in [0, 0.1) is 0 Å². The topological polar surface area (TPSA) is 48.8 Å². The van der Waals surface area contributed by atoms with Gasteiger partial charge in [-0.15, -0.1) is 0 Å². The number of aromatic nitrogens is 4. The van der Waals surface area contributed by atoms with Crippen molar-refractivity contribution in [1.29, 1.82) is 0 Å². The van der Waals surface area contributed by atoms with E-state index in [1.54, 1.807) is 0 Å². The van der Waals surface area contributed by atoms with Gasteiger partial charge >= 0.3 is 6.01 Å². The van der Waals surface area contributed by atoms with Crippen molar-refractivity contribution in [1.82, 2.24) is 19.1 Å². The van der Waals surface area contributed by atoms with Crippen LogP contribution in [-0.2, 0) is 0 Å². The second-order valence-electron chi connectivity index (χ2n) is 10.7. The van der Waals surface area contributed by atoms with Crippen LogP contribution in [0.2, 0.25) is 0 Å². The standard InChI is InChI=1S/C38H24N4O/c1-3-12-25(13-4-1)35-37(26-14-5-2-6-15-26)43-38(40-35)42-32-20-10-8-18-30(32)34-33(42)22-21-29-28-17-7-9-19-31(28)41(36(29)34)27-16-11-23-39-24-27/h1-24H.